The summed E-state index contributed by atoms with van der Waals surface area (Å²) in [4.78, 5) is 29.4. The van der Waals surface area contributed by atoms with Gasteiger partial charge in [-0.05, 0) is 69.4 Å². The Bertz CT molecular complexity index is 754. The summed E-state index contributed by atoms with van der Waals surface area (Å²) in [5, 5.41) is 19.4. The van der Waals surface area contributed by atoms with E-state index in [0.29, 0.717) is 19.3 Å². The molecule has 0 aliphatic heterocycles. The van der Waals surface area contributed by atoms with Crippen LogP contribution in [-0.4, -0.2) is 33.6 Å². The number of rotatable bonds is 13. The van der Waals surface area contributed by atoms with Gasteiger partial charge in [-0.3, -0.25) is 14.6 Å². The van der Waals surface area contributed by atoms with Gasteiger partial charge in [0.2, 0.25) is 0 Å². The summed E-state index contributed by atoms with van der Waals surface area (Å²) in [6.07, 6.45) is 16.0. The number of aliphatic hydroxyl groups excluding tert-OH is 1. The number of nitrogens with zero attached hydrogens (tertiary/aromatic N) is 1. The number of carboxylic acid groups (broad SMARTS) is 1. The molecule has 178 valence electrons. The first kappa shape index (κ1) is 24.9. The number of ketones is 1. The van der Waals surface area contributed by atoms with Gasteiger partial charge < -0.3 is 10.2 Å². The maximum absolute atomic E-state index is 12.8. The lowest BCUT2D eigenvalue weighted by atomic mass is 9.69. The lowest BCUT2D eigenvalue weighted by Crippen LogP contribution is -2.38. The molecule has 2 aliphatic carbocycles. The number of carbonyl (C=O) groups excluding carboxylic acids is 1. The van der Waals surface area contributed by atoms with E-state index in [-0.39, 0.29) is 18.8 Å². The summed E-state index contributed by atoms with van der Waals surface area (Å²) < 4.78 is 0. The van der Waals surface area contributed by atoms with Gasteiger partial charge in [-0.15, -0.1) is 0 Å². The number of Topliss-reactive ketones (excluding diaryl/α,β-unsaturated/α-hetero) is 1. The molecule has 1 aromatic rings. The topological polar surface area (TPSA) is 87.5 Å². The Morgan fingerprint density at radius 2 is 1.66 bits per heavy atom. The van der Waals surface area contributed by atoms with E-state index >= 15 is 0 Å². The summed E-state index contributed by atoms with van der Waals surface area (Å²) in [6.45, 7) is -0.142. The number of aliphatic carboxylic acids is 1. The van der Waals surface area contributed by atoms with Crippen LogP contribution >= 0.6 is 0 Å². The molecule has 5 heteroatoms. The van der Waals surface area contributed by atoms with Crippen LogP contribution in [0.4, 0.5) is 0 Å². The zero-order valence-electron chi connectivity index (χ0n) is 19.6. The van der Waals surface area contributed by atoms with Crippen LogP contribution in [-0.2, 0) is 28.9 Å². The smallest absolute Gasteiger partial charge is 0.306 e. The van der Waals surface area contributed by atoms with E-state index in [0.717, 1.165) is 64.2 Å². The standard InChI is InChI=1S/C27H41NO4/c29-20-27(17-9-4-10-18-27)25(30)19-22(26(31)32)12-5-2-1-3-6-13-23-16-15-21-11-7-8-14-24(21)28-23/h15-16,22,29H,1-14,17-20H2,(H,31,32)/t22-/m1/s1. The third kappa shape index (κ3) is 6.87. The van der Waals surface area contributed by atoms with Crippen molar-refractivity contribution in [2.45, 2.75) is 109 Å². The SMILES string of the molecule is O=C(O)[C@H](CCCCCCCc1ccc2c(n1)CCCC2)CC(=O)C1(CO)CCCCC1. The second-order valence-corrected chi connectivity index (χ2v) is 10.1. The van der Waals surface area contributed by atoms with Crippen molar-refractivity contribution in [3.05, 3.63) is 29.1 Å². The predicted molar refractivity (Wildman–Crippen MR) is 126 cm³/mol. The number of carboxylic acids is 1. The van der Waals surface area contributed by atoms with Crippen molar-refractivity contribution in [2.75, 3.05) is 6.61 Å². The van der Waals surface area contributed by atoms with E-state index in [9.17, 15) is 19.8 Å². The molecule has 0 aromatic carbocycles. The molecule has 1 saturated carbocycles. The Hall–Kier alpha value is -1.75. The first-order chi connectivity index (χ1) is 15.5. The number of aryl methyl sites for hydroxylation is 3. The Kier molecular flexibility index (Phi) is 9.70. The Morgan fingerprint density at radius 3 is 2.41 bits per heavy atom. The molecule has 32 heavy (non-hydrogen) atoms. The fourth-order valence-corrected chi connectivity index (χ4v) is 5.50. The number of unbranched alkanes of at least 4 members (excludes halogenated alkanes) is 4. The van der Waals surface area contributed by atoms with Gasteiger partial charge in [0.05, 0.1) is 17.9 Å². The van der Waals surface area contributed by atoms with E-state index in [2.05, 4.69) is 12.1 Å². The molecule has 2 N–H and O–H groups in total. The van der Waals surface area contributed by atoms with Crippen LogP contribution in [0.1, 0.15) is 107 Å². The van der Waals surface area contributed by atoms with Crippen molar-refractivity contribution < 1.29 is 19.8 Å². The number of fused-ring (bicyclic) bond motifs is 1. The number of hydrogen-bond donors (Lipinski definition) is 2. The fraction of sp³-hybridized carbons (Fsp3) is 0.741. The van der Waals surface area contributed by atoms with E-state index in [1.54, 1.807) is 0 Å². The van der Waals surface area contributed by atoms with E-state index in [1.807, 2.05) is 0 Å². The van der Waals surface area contributed by atoms with Crippen LogP contribution in [0.15, 0.2) is 12.1 Å². The number of pyridine rings is 1. The zero-order valence-corrected chi connectivity index (χ0v) is 19.6. The average molecular weight is 444 g/mol. The maximum atomic E-state index is 12.8. The molecule has 2 aliphatic rings. The van der Waals surface area contributed by atoms with E-state index in [1.165, 1.54) is 36.2 Å². The second-order valence-electron chi connectivity index (χ2n) is 10.1. The van der Waals surface area contributed by atoms with Crippen LogP contribution in [0.5, 0.6) is 0 Å². The molecule has 1 aromatic heterocycles. The highest BCUT2D eigenvalue weighted by Gasteiger charge is 2.40. The largest absolute Gasteiger partial charge is 0.481 e. The Labute approximate surface area is 193 Å². The molecule has 1 fully saturated rings. The predicted octanol–water partition coefficient (Wildman–Crippen LogP) is 5.45. The van der Waals surface area contributed by atoms with Crippen LogP contribution in [0, 0.1) is 11.3 Å². The van der Waals surface area contributed by atoms with Crippen molar-refractivity contribution >= 4 is 11.8 Å². The fourth-order valence-electron chi connectivity index (χ4n) is 5.50. The van der Waals surface area contributed by atoms with Gasteiger partial charge in [-0.1, -0.05) is 51.0 Å². The van der Waals surface area contributed by atoms with Gasteiger partial charge in [0.15, 0.2) is 0 Å². The second kappa shape index (κ2) is 12.5. The highest BCUT2D eigenvalue weighted by atomic mass is 16.4. The molecule has 5 nitrogen and oxygen atoms in total. The monoisotopic (exact) mass is 443 g/mol. The molecule has 0 saturated heterocycles. The van der Waals surface area contributed by atoms with Gasteiger partial charge in [-0.25, -0.2) is 0 Å². The molecular formula is C27H41NO4. The van der Waals surface area contributed by atoms with E-state index < -0.39 is 17.3 Å². The molecule has 0 bridgehead atoms. The molecule has 3 rings (SSSR count). The minimum Gasteiger partial charge on any atom is -0.481 e. The first-order valence-corrected chi connectivity index (χ1v) is 12.9. The number of aromatic nitrogens is 1. The number of hydrogen-bond acceptors (Lipinski definition) is 4. The third-order valence-corrected chi connectivity index (χ3v) is 7.71. The minimum absolute atomic E-state index is 0.0374. The molecular weight excluding hydrogens is 402 g/mol. The summed E-state index contributed by atoms with van der Waals surface area (Å²) in [5.74, 6) is -1.53. The number of aliphatic hydroxyl groups is 1. The van der Waals surface area contributed by atoms with Crippen molar-refractivity contribution in [1.82, 2.24) is 4.98 Å². The summed E-state index contributed by atoms with van der Waals surface area (Å²) in [6, 6.07) is 4.45. The minimum atomic E-state index is -0.874. The number of carbonyl (C=O) groups is 2. The molecule has 0 unspecified atom stereocenters. The maximum Gasteiger partial charge on any atom is 0.306 e. The summed E-state index contributed by atoms with van der Waals surface area (Å²) >= 11 is 0. The van der Waals surface area contributed by atoms with Crippen molar-refractivity contribution in [3.8, 4) is 0 Å². The summed E-state index contributed by atoms with van der Waals surface area (Å²) in [7, 11) is 0. The van der Waals surface area contributed by atoms with Gasteiger partial charge in [0.25, 0.3) is 0 Å². The van der Waals surface area contributed by atoms with Crippen molar-refractivity contribution in [2.24, 2.45) is 11.3 Å². The van der Waals surface area contributed by atoms with Crippen LogP contribution in [0.25, 0.3) is 0 Å². The van der Waals surface area contributed by atoms with Crippen molar-refractivity contribution in [3.63, 3.8) is 0 Å². The molecule has 1 heterocycles. The molecule has 1 atom stereocenters. The van der Waals surface area contributed by atoms with Gasteiger partial charge in [-0.2, -0.15) is 0 Å². The lowest BCUT2D eigenvalue weighted by Gasteiger charge is -2.34. The van der Waals surface area contributed by atoms with Crippen LogP contribution in [0.3, 0.4) is 0 Å². The highest BCUT2D eigenvalue weighted by Crippen LogP contribution is 2.38. The van der Waals surface area contributed by atoms with Crippen molar-refractivity contribution in [1.29, 1.82) is 0 Å². The van der Waals surface area contributed by atoms with Gasteiger partial charge in [0.1, 0.15) is 5.78 Å². The van der Waals surface area contributed by atoms with Crippen LogP contribution < -0.4 is 0 Å². The molecule has 0 spiro atoms. The zero-order chi connectivity index (χ0) is 22.8. The highest BCUT2D eigenvalue weighted by molar-refractivity contribution is 5.88. The van der Waals surface area contributed by atoms with Crippen LogP contribution in [0.2, 0.25) is 0 Å². The van der Waals surface area contributed by atoms with E-state index in [4.69, 9.17) is 4.98 Å². The quantitative estimate of drug-likeness (QED) is 0.396. The lowest BCUT2D eigenvalue weighted by molar-refractivity contribution is -0.146. The summed E-state index contributed by atoms with van der Waals surface area (Å²) in [5.41, 5.74) is 3.26. The van der Waals surface area contributed by atoms with Gasteiger partial charge in [0, 0.05) is 17.8 Å². The third-order valence-electron chi connectivity index (χ3n) is 7.71. The Morgan fingerprint density at radius 1 is 0.938 bits per heavy atom. The van der Waals surface area contributed by atoms with Gasteiger partial charge >= 0.3 is 5.97 Å². The average Bonchev–Trinajstić information content (AvgIpc) is 2.82. The Balaban J connectivity index is 1.33. The molecule has 0 amide bonds. The normalized spacial score (nSPS) is 18.7. The molecule has 0 radical (unpaired) electrons. The first-order valence-electron chi connectivity index (χ1n) is 12.9.